The molecule has 0 heterocycles. The number of hydrogen-bond donors (Lipinski definition) is 3. The maximum absolute atomic E-state index is 12.1. The van der Waals surface area contributed by atoms with Crippen molar-refractivity contribution in [1.29, 1.82) is 0 Å². The van der Waals surface area contributed by atoms with Crippen LogP contribution >= 0.6 is 0 Å². The summed E-state index contributed by atoms with van der Waals surface area (Å²) >= 11 is 0. The molecule has 2 aromatic carbocycles. The lowest BCUT2D eigenvalue weighted by atomic mass is 10.1. The molecule has 0 spiro atoms. The van der Waals surface area contributed by atoms with E-state index in [1.165, 1.54) is 26.0 Å². The van der Waals surface area contributed by atoms with Crippen molar-refractivity contribution in [2.24, 2.45) is 0 Å². The summed E-state index contributed by atoms with van der Waals surface area (Å²) in [7, 11) is 0. The number of rotatable bonds is 6. The molecule has 0 radical (unpaired) electrons. The number of amides is 4. The summed E-state index contributed by atoms with van der Waals surface area (Å²) in [5.41, 5.74) is 1.59. The molecule has 3 N–H and O–H groups in total. The number of urea groups is 1. The number of imide groups is 1. The van der Waals surface area contributed by atoms with E-state index in [1.54, 1.807) is 42.5 Å². The predicted molar refractivity (Wildman–Crippen MR) is 102 cm³/mol. The van der Waals surface area contributed by atoms with E-state index < -0.39 is 24.0 Å². The van der Waals surface area contributed by atoms with Crippen LogP contribution < -0.4 is 16.0 Å². The predicted octanol–water partition coefficient (Wildman–Crippen LogP) is 2.22. The van der Waals surface area contributed by atoms with Gasteiger partial charge in [0.2, 0.25) is 5.91 Å². The van der Waals surface area contributed by atoms with Crippen molar-refractivity contribution in [1.82, 2.24) is 10.6 Å². The van der Waals surface area contributed by atoms with Crippen molar-refractivity contribution in [3.05, 3.63) is 65.7 Å². The van der Waals surface area contributed by atoms with Gasteiger partial charge in [-0.25, -0.2) is 9.59 Å². The Morgan fingerprint density at radius 3 is 2.21 bits per heavy atom. The molecule has 0 aromatic heterocycles. The third-order valence-electron chi connectivity index (χ3n) is 3.65. The minimum absolute atomic E-state index is 0.153. The first-order valence-corrected chi connectivity index (χ1v) is 8.56. The van der Waals surface area contributed by atoms with Gasteiger partial charge in [0.05, 0.1) is 5.56 Å². The molecule has 0 saturated carbocycles. The first-order valence-electron chi connectivity index (χ1n) is 8.56. The highest BCUT2D eigenvalue weighted by atomic mass is 16.5. The molecule has 1 atom stereocenters. The highest BCUT2D eigenvalue weighted by Crippen LogP contribution is 2.08. The van der Waals surface area contributed by atoms with Crippen molar-refractivity contribution < 1.29 is 23.9 Å². The van der Waals surface area contributed by atoms with Crippen molar-refractivity contribution in [3.63, 3.8) is 0 Å². The molecule has 4 amide bonds. The Morgan fingerprint density at radius 2 is 1.61 bits per heavy atom. The second-order valence-corrected chi connectivity index (χ2v) is 5.96. The van der Waals surface area contributed by atoms with Gasteiger partial charge in [-0.1, -0.05) is 30.3 Å². The molecular formula is C20H21N3O5. The third kappa shape index (κ3) is 6.56. The number of hydrogen-bond acceptors (Lipinski definition) is 5. The molecule has 8 nitrogen and oxygen atoms in total. The largest absolute Gasteiger partial charge is 0.449 e. The first kappa shape index (κ1) is 20.6. The van der Waals surface area contributed by atoms with Crippen LogP contribution in [0.25, 0.3) is 0 Å². The molecule has 0 aliphatic rings. The summed E-state index contributed by atoms with van der Waals surface area (Å²) < 4.78 is 5.09. The summed E-state index contributed by atoms with van der Waals surface area (Å²) in [6.07, 6.45) is -1.16. The summed E-state index contributed by atoms with van der Waals surface area (Å²) in [6, 6.07) is 14.3. The Hall–Kier alpha value is -3.68. The second-order valence-electron chi connectivity index (χ2n) is 5.96. The molecule has 28 heavy (non-hydrogen) atoms. The van der Waals surface area contributed by atoms with Crippen LogP contribution in [0.4, 0.5) is 10.5 Å². The summed E-state index contributed by atoms with van der Waals surface area (Å²) in [5.74, 6) is -1.60. The maximum atomic E-state index is 12.1. The van der Waals surface area contributed by atoms with Gasteiger partial charge in [-0.2, -0.15) is 0 Å². The van der Waals surface area contributed by atoms with Crippen molar-refractivity contribution >= 4 is 29.5 Å². The van der Waals surface area contributed by atoms with E-state index in [2.05, 4.69) is 16.0 Å². The zero-order chi connectivity index (χ0) is 20.5. The Labute approximate surface area is 162 Å². The Kier molecular flexibility index (Phi) is 7.27. The van der Waals surface area contributed by atoms with Gasteiger partial charge in [-0.05, 0) is 36.8 Å². The quantitative estimate of drug-likeness (QED) is 0.662. The fourth-order valence-corrected chi connectivity index (χ4v) is 2.16. The van der Waals surface area contributed by atoms with Gasteiger partial charge in [-0.15, -0.1) is 0 Å². The van der Waals surface area contributed by atoms with Crippen LogP contribution in [0.2, 0.25) is 0 Å². The molecule has 0 fully saturated rings. The molecule has 0 aliphatic carbocycles. The summed E-state index contributed by atoms with van der Waals surface area (Å²) in [4.78, 5) is 46.9. The number of esters is 1. The summed E-state index contributed by atoms with van der Waals surface area (Å²) in [6.45, 7) is 3.13. The van der Waals surface area contributed by atoms with Crippen molar-refractivity contribution in [3.8, 4) is 0 Å². The molecule has 1 unspecified atom stereocenters. The normalized spacial score (nSPS) is 11.1. The molecule has 146 valence electrons. The maximum Gasteiger partial charge on any atom is 0.338 e. The van der Waals surface area contributed by atoms with Crippen LogP contribution in [-0.4, -0.2) is 29.9 Å². The molecule has 0 bridgehead atoms. The van der Waals surface area contributed by atoms with E-state index in [0.717, 1.165) is 5.56 Å². The van der Waals surface area contributed by atoms with E-state index in [-0.39, 0.29) is 11.5 Å². The standard InChI is InChI=1S/C20H21N3O5/c1-13(18(25)23-20(27)22-17-6-4-3-5-7-17)28-19(26)16-10-8-15(9-11-16)12-21-14(2)24/h3-11,13H,12H2,1-2H3,(H,21,24)(H2,22,23,25,27). The van der Waals surface area contributed by atoms with E-state index >= 15 is 0 Å². The number of para-hydroxylation sites is 1. The highest BCUT2D eigenvalue weighted by Gasteiger charge is 2.21. The Bertz CT molecular complexity index is 850. The topological polar surface area (TPSA) is 114 Å². The van der Waals surface area contributed by atoms with Crippen LogP contribution in [0.15, 0.2) is 54.6 Å². The van der Waals surface area contributed by atoms with Gasteiger partial charge in [0.25, 0.3) is 5.91 Å². The number of nitrogens with one attached hydrogen (secondary N) is 3. The molecule has 0 aliphatic heterocycles. The van der Waals surface area contributed by atoms with E-state index in [0.29, 0.717) is 12.2 Å². The fraction of sp³-hybridized carbons (Fsp3) is 0.200. The second kappa shape index (κ2) is 9.86. The number of ether oxygens (including phenoxy) is 1. The van der Waals surface area contributed by atoms with Crippen LogP contribution in [0, 0.1) is 0 Å². The van der Waals surface area contributed by atoms with Gasteiger partial charge in [-0.3, -0.25) is 14.9 Å². The minimum Gasteiger partial charge on any atom is -0.449 e. The Morgan fingerprint density at radius 1 is 0.964 bits per heavy atom. The van der Waals surface area contributed by atoms with Crippen molar-refractivity contribution in [2.75, 3.05) is 5.32 Å². The van der Waals surface area contributed by atoms with Gasteiger partial charge in [0.15, 0.2) is 6.10 Å². The van der Waals surface area contributed by atoms with Gasteiger partial charge in [0, 0.05) is 19.2 Å². The van der Waals surface area contributed by atoms with Crippen LogP contribution in [-0.2, 0) is 20.9 Å². The average Bonchev–Trinajstić information content (AvgIpc) is 2.67. The molecule has 2 rings (SSSR count). The Balaban J connectivity index is 1.84. The SMILES string of the molecule is CC(=O)NCc1ccc(C(=O)OC(C)C(=O)NC(=O)Nc2ccccc2)cc1. The number of carbonyl (C=O) groups excluding carboxylic acids is 4. The van der Waals surface area contributed by atoms with Crippen LogP contribution in [0.5, 0.6) is 0 Å². The fourth-order valence-electron chi connectivity index (χ4n) is 2.16. The van der Waals surface area contributed by atoms with Gasteiger partial charge < -0.3 is 15.4 Å². The lowest BCUT2D eigenvalue weighted by Gasteiger charge is -2.13. The molecule has 2 aromatic rings. The number of benzene rings is 2. The van der Waals surface area contributed by atoms with E-state index in [1.807, 2.05) is 0 Å². The molecule has 8 heteroatoms. The zero-order valence-electron chi connectivity index (χ0n) is 15.5. The van der Waals surface area contributed by atoms with E-state index in [4.69, 9.17) is 4.74 Å². The van der Waals surface area contributed by atoms with Gasteiger partial charge >= 0.3 is 12.0 Å². The van der Waals surface area contributed by atoms with Gasteiger partial charge in [0.1, 0.15) is 0 Å². The lowest BCUT2D eigenvalue weighted by Crippen LogP contribution is -2.41. The third-order valence-corrected chi connectivity index (χ3v) is 3.65. The summed E-state index contributed by atoms with van der Waals surface area (Å²) in [5, 5.41) is 7.26. The minimum atomic E-state index is -1.16. The van der Waals surface area contributed by atoms with Crippen LogP contribution in [0.3, 0.4) is 0 Å². The first-order chi connectivity index (χ1) is 13.3. The monoisotopic (exact) mass is 383 g/mol. The van der Waals surface area contributed by atoms with Crippen molar-refractivity contribution in [2.45, 2.75) is 26.5 Å². The number of carbonyl (C=O) groups is 4. The van der Waals surface area contributed by atoms with E-state index in [9.17, 15) is 19.2 Å². The van der Waals surface area contributed by atoms with Crippen LogP contribution in [0.1, 0.15) is 29.8 Å². The lowest BCUT2D eigenvalue weighted by molar-refractivity contribution is -0.127. The smallest absolute Gasteiger partial charge is 0.338 e. The highest BCUT2D eigenvalue weighted by molar-refractivity contribution is 6.03. The zero-order valence-corrected chi connectivity index (χ0v) is 15.5. The average molecular weight is 383 g/mol. The molecular weight excluding hydrogens is 362 g/mol. The number of anilines is 1. The molecule has 0 saturated heterocycles.